The van der Waals surface area contributed by atoms with Gasteiger partial charge in [-0.25, -0.2) is 13.1 Å². The Morgan fingerprint density at radius 2 is 1.58 bits per heavy atom. The minimum absolute atomic E-state index is 0.0874. The second kappa shape index (κ2) is 8.33. The van der Waals surface area contributed by atoms with Crippen LogP contribution in [0.3, 0.4) is 0 Å². The molecule has 0 bridgehead atoms. The van der Waals surface area contributed by atoms with Gasteiger partial charge in [-0.15, -0.1) is 0 Å². The van der Waals surface area contributed by atoms with E-state index in [2.05, 4.69) is 15.4 Å². The SMILES string of the molecule is Cc1cccc(C)c1NC(=O)CNc1ccc(S(=O)(=O)NC(C)C)cc1. The van der Waals surface area contributed by atoms with E-state index in [1.807, 2.05) is 32.0 Å². The number of sulfonamides is 1. The molecule has 1 amide bonds. The first kappa shape index (κ1) is 19.9. The topological polar surface area (TPSA) is 87.3 Å². The van der Waals surface area contributed by atoms with Crippen LogP contribution in [0.2, 0.25) is 0 Å². The van der Waals surface area contributed by atoms with Crippen LogP contribution < -0.4 is 15.4 Å². The molecule has 2 rings (SSSR count). The Balaban J connectivity index is 1.97. The zero-order valence-electron chi connectivity index (χ0n) is 15.5. The summed E-state index contributed by atoms with van der Waals surface area (Å²) in [6.45, 7) is 7.51. The summed E-state index contributed by atoms with van der Waals surface area (Å²) < 4.78 is 26.7. The number of rotatable bonds is 7. The molecule has 0 aromatic heterocycles. The number of amides is 1. The molecular formula is C19H25N3O3S. The molecule has 0 aliphatic heterocycles. The van der Waals surface area contributed by atoms with Gasteiger partial charge in [-0.2, -0.15) is 0 Å². The molecule has 0 atom stereocenters. The Hall–Kier alpha value is -2.38. The van der Waals surface area contributed by atoms with Crippen LogP contribution in [0.1, 0.15) is 25.0 Å². The van der Waals surface area contributed by atoms with E-state index >= 15 is 0 Å². The highest BCUT2D eigenvalue weighted by Crippen LogP contribution is 2.19. The van der Waals surface area contributed by atoms with E-state index in [9.17, 15) is 13.2 Å². The summed E-state index contributed by atoms with van der Waals surface area (Å²) in [7, 11) is -3.51. The highest BCUT2D eigenvalue weighted by molar-refractivity contribution is 7.89. The van der Waals surface area contributed by atoms with Crippen molar-refractivity contribution in [2.24, 2.45) is 0 Å². The van der Waals surface area contributed by atoms with Crippen molar-refractivity contribution in [2.75, 3.05) is 17.2 Å². The fourth-order valence-electron chi connectivity index (χ4n) is 2.51. The second-order valence-corrected chi connectivity index (χ2v) is 8.18. The smallest absolute Gasteiger partial charge is 0.243 e. The molecule has 6 nitrogen and oxygen atoms in total. The fraction of sp³-hybridized carbons (Fsp3) is 0.316. The van der Waals surface area contributed by atoms with Crippen molar-refractivity contribution >= 4 is 27.3 Å². The molecule has 3 N–H and O–H groups in total. The van der Waals surface area contributed by atoms with Gasteiger partial charge in [-0.05, 0) is 63.1 Å². The highest BCUT2D eigenvalue weighted by Gasteiger charge is 2.15. The van der Waals surface area contributed by atoms with E-state index in [1.165, 1.54) is 12.1 Å². The van der Waals surface area contributed by atoms with Gasteiger partial charge in [0.2, 0.25) is 15.9 Å². The van der Waals surface area contributed by atoms with E-state index in [4.69, 9.17) is 0 Å². The quantitative estimate of drug-likeness (QED) is 0.694. The maximum Gasteiger partial charge on any atom is 0.243 e. The predicted octanol–water partition coefficient (Wildman–Crippen LogP) is 3.04. The third-order valence-electron chi connectivity index (χ3n) is 3.75. The first-order valence-electron chi connectivity index (χ1n) is 8.41. The van der Waals surface area contributed by atoms with Crippen LogP contribution in [0.5, 0.6) is 0 Å². The van der Waals surface area contributed by atoms with Crippen LogP contribution in [-0.2, 0) is 14.8 Å². The van der Waals surface area contributed by atoms with Gasteiger partial charge in [0.05, 0.1) is 11.4 Å². The predicted molar refractivity (Wildman–Crippen MR) is 105 cm³/mol. The van der Waals surface area contributed by atoms with Crippen LogP contribution in [0, 0.1) is 13.8 Å². The van der Waals surface area contributed by atoms with Gasteiger partial charge in [0.15, 0.2) is 0 Å². The average Bonchev–Trinajstić information content (AvgIpc) is 2.56. The van der Waals surface area contributed by atoms with Gasteiger partial charge in [-0.3, -0.25) is 4.79 Å². The molecule has 0 saturated carbocycles. The average molecular weight is 375 g/mol. The molecular weight excluding hydrogens is 350 g/mol. The fourth-order valence-corrected chi connectivity index (χ4v) is 3.76. The molecule has 0 spiro atoms. The minimum atomic E-state index is -3.51. The maximum absolute atomic E-state index is 12.2. The molecule has 7 heteroatoms. The zero-order chi connectivity index (χ0) is 19.3. The number of carbonyl (C=O) groups is 1. The lowest BCUT2D eigenvalue weighted by Gasteiger charge is -2.13. The third-order valence-corrected chi connectivity index (χ3v) is 5.43. The molecule has 26 heavy (non-hydrogen) atoms. The Kier molecular flexibility index (Phi) is 6.39. The summed E-state index contributed by atoms with van der Waals surface area (Å²) in [5, 5.41) is 5.89. The standard InChI is InChI=1S/C19H25N3O3S/c1-13(2)22-26(24,25)17-10-8-16(9-11-17)20-12-18(23)21-19-14(3)6-5-7-15(19)4/h5-11,13,20,22H,12H2,1-4H3,(H,21,23). The lowest BCUT2D eigenvalue weighted by Crippen LogP contribution is -2.30. The van der Waals surface area contributed by atoms with Crippen LogP contribution in [0.15, 0.2) is 47.4 Å². The van der Waals surface area contributed by atoms with Gasteiger partial charge in [0.1, 0.15) is 0 Å². The van der Waals surface area contributed by atoms with Gasteiger partial charge in [0.25, 0.3) is 0 Å². The van der Waals surface area contributed by atoms with Crippen molar-refractivity contribution in [3.05, 3.63) is 53.6 Å². The monoisotopic (exact) mass is 375 g/mol. The number of anilines is 2. The summed E-state index contributed by atoms with van der Waals surface area (Å²) in [5.41, 5.74) is 3.50. The number of para-hydroxylation sites is 1. The van der Waals surface area contributed by atoms with Gasteiger partial charge in [-0.1, -0.05) is 18.2 Å². The van der Waals surface area contributed by atoms with Crippen molar-refractivity contribution in [1.29, 1.82) is 0 Å². The van der Waals surface area contributed by atoms with E-state index in [0.29, 0.717) is 5.69 Å². The number of aryl methyl sites for hydroxylation is 2. The van der Waals surface area contributed by atoms with Gasteiger partial charge in [0, 0.05) is 17.4 Å². The van der Waals surface area contributed by atoms with Crippen LogP contribution in [0.25, 0.3) is 0 Å². The maximum atomic E-state index is 12.2. The van der Waals surface area contributed by atoms with Crippen molar-refractivity contribution in [3.63, 3.8) is 0 Å². The van der Waals surface area contributed by atoms with Crippen LogP contribution in [-0.4, -0.2) is 26.9 Å². The molecule has 2 aromatic carbocycles. The first-order chi connectivity index (χ1) is 12.2. The van der Waals surface area contributed by atoms with E-state index in [1.54, 1.807) is 26.0 Å². The molecule has 0 aliphatic rings. The summed E-state index contributed by atoms with van der Waals surface area (Å²) >= 11 is 0. The van der Waals surface area contributed by atoms with Crippen molar-refractivity contribution < 1.29 is 13.2 Å². The summed E-state index contributed by atoms with van der Waals surface area (Å²) in [4.78, 5) is 12.3. The van der Waals surface area contributed by atoms with Crippen molar-refractivity contribution in [3.8, 4) is 0 Å². The normalized spacial score (nSPS) is 11.4. The van der Waals surface area contributed by atoms with E-state index < -0.39 is 10.0 Å². The van der Waals surface area contributed by atoms with E-state index in [-0.39, 0.29) is 23.4 Å². The summed E-state index contributed by atoms with van der Waals surface area (Å²) in [6, 6.07) is 12.0. The lowest BCUT2D eigenvalue weighted by molar-refractivity contribution is -0.114. The van der Waals surface area contributed by atoms with Gasteiger partial charge < -0.3 is 10.6 Å². The Bertz CT molecular complexity index is 855. The second-order valence-electron chi connectivity index (χ2n) is 6.47. The third kappa shape index (κ3) is 5.31. The van der Waals surface area contributed by atoms with Gasteiger partial charge >= 0.3 is 0 Å². The van der Waals surface area contributed by atoms with Crippen LogP contribution >= 0.6 is 0 Å². The number of carbonyl (C=O) groups excluding carboxylic acids is 1. The molecule has 0 aliphatic carbocycles. The number of nitrogens with one attached hydrogen (secondary N) is 3. The number of benzene rings is 2. The first-order valence-corrected chi connectivity index (χ1v) is 9.89. The molecule has 0 fully saturated rings. The Labute approximate surface area is 155 Å². The molecule has 2 aromatic rings. The summed E-state index contributed by atoms with van der Waals surface area (Å²) in [6.07, 6.45) is 0. The molecule has 140 valence electrons. The lowest BCUT2D eigenvalue weighted by atomic mass is 10.1. The summed E-state index contributed by atoms with van der Waals surface area (Å²) in [5.74, 6) is -0.166. The molecule has 0 saturated heterocycles. The van der Waals surface area contributed by atoms with E-state index in [0.717, 1.165) is 16.8 Å². The van der Waals surface area contributed by atoms with Crippen molar-refractivity contribution in [2.45, 2.75) is 38.6 Å². The molecule has 0 radical (unpaired) electrons. The number of hydrogen-bond acceptors (Lipinski definition) is 4. The largest absolute Gasteiger partial charge is 0.376 e. The molecule has 0 heterocycles. The van der Waals surface area contributed by atoms with Crippen molar-refractivity contribution in [1.82, 2.24) is 4.72 Å². The van der Waals surface area contributed by atoms with Crippen LogP contribution in [0.4, 0.5) is 11.4 Å². The zero-order valence-corrected chi connectivity index (χ0v) is 16.3. The molecule has 0 unspecified atom stereocenters. The Morgan fingerprint density at radius 3 is 2.12 bits per heavy atom. The highest BCUT2D eigenvalue weighted by atomic mass is 32.2. The number of hydrogen-bond donors (Lipinski definition) is 3. The minimum Gasteiger partial charge on any atom is -0.376 e. The Morgan fingerprint density at radius 1 is 1.00 bits per heavy atom.